The van der Waals surface area contributed by atoms with E-state index in [-0.39, 0.29) is 11.9 Å². The smallest absolute Gasteiger partial charge is 0.315 e. The molecular weight excluding hydrogens is 338 g/mol. The Bertz CT molecular complexity index is 621. The highest BCUT2D eigenvalue weighted by Gasteiger charge is 2.21. The SMILES string of the molecule is CCC1CCC(CNC(=O)NCc2ccc(CN3CCCC3=O)cc2)CC1. The fourth-order valence-electron chi connectivity index (χ4n) is 4.18. The van der Waals surface area contributed by atoms with Crippen molar-refractivity contribution >= 4 is 11.9 Å². The summed E-state index contributed by atoms with van der Waals surface area (Å²) in [6.45, 7) is 5.13. The summed E-state index contributed by atoms with van der Waals surface area (Å²) >= 11 is 0. The molecule has 27 heavy (non-hydrogen) atoms. The molecular formula is C22H33N3O2. The summed E-state index contributed by atoms with van der Waals surface area (Å²) in [5.41, 5.74) is 2.21. The lowest BCUT2D eigenvalue weighted by Gasteiger charge is -2.27. The maximum Gasteiger partial charge on any atom is 0.315 e. The maximum absolute atomic E-state index is 12.0. The van der Waals surface area contributed by atoms with Crippen molar-refractivity contribution in [3.8, 4) is 0 Å². The molecule has 2 fully saturated rings. The lowest BCUT2D eigenvalue weighted by atomic mass is 9.81. The lowest BCUT2D eigenvalue weighted by Crippen LogP contribution is -2.38. The summed E-state index contributed by atoms with van der Waals surface area (Å²) < 4.78 is 0. The van der Waals surface area contributed by atoms with Crippen molar-refractivity contribution < 1.29 is 9.59 Å². The Kier molecular flexibility index (Phi) is 7.13. The molecule has 1 saturated heterocycles. The molecule has 1 saturated carbocycles. The van der Waals surface area contributed by atoms with Crippen LogP contribution in [0.25, 0.3) is 0 Å². The normalized spacial score (nSPS) is 22.7. The Balaban J connectivity index is 1.34. The first kappa shape index (κ1) is 19.7. The van der Waals surface area contributed by atoms with E-state index in [1.165, 1.54) is 32.1 Å². The van der Waals surface area contributed by atoms with Crippen LogP contribution < -0.4 is 10.6 Å². The van der Waals surface area contributed by atoms with Crippen LogP contribution in [0.1, 0.15) is 63.0 Å². The molecule has 5 nitrogen and oxygen atoms in total. The van der Waals surface area contributed by atoms with E-state index >= 15 is 0 Å². The van der Waals surface area contributed by atoms with Crippen LogP contribution in [-0.2, 0) is 17.9 Å². The van der Waals surface area contributed by atoms with Gasteiger partial charge in [-0.15, -0.1) is 0 Å². The van der Waals surface area contributed by atoms with Crippen LogP contribution in [0.4, 0.5) is 4.79 Å². The van der Waals surface area contributed by atoms with E-state index in [1.807, 2.05) is 29.2 Å². The Morgan fingerprint density at radius 2 is 1.70 bits per heavy atom. The molecule has 1 aromatic rings. The average molecular weight is 372 g/mol. The van der Waals surface area contributed by atoms with Crippen LogP contribution in [-0.4, -0.2) is 29.9 Å². The molecule has 3 rings (SSSR count). The van der Waals surface area contributed by atoms with Crippen LogP contribution in [0.2, 0.25) is 0 Å². The summed E-state index contributed by atoms with van der Waals surface area (Å²) in [5.74, 6) is 1.77. The molecule has 0 aromatic heterocycles. The predicted octanol–water partition coefficient (Wildman–Crippen LogP) is 3.82. The molecule has 1 aliphatic heterocycles. The number of nitrogens with one attached hydrogen (secondary N) is 2. The predicted molar refractivity (Wildman–Crippen MR) is 107 cm³/mol. The number of carbonyl (C=O) groups is 2. The van der Waals surface area contributed by atoms with Gasteiger partial charge in [-0.3, -0.25) is 4.79 Å². The summed E-state index contributed by atoms with van der Waals surface area (Å²) in [4.78, 5) is 25.7. The number of likely N-dealkylation sites (tertiary alicyclic amines) is 1. The highest BCUT2D eigenvalue weighted by atomic mass is 16.2. The van der Waals surface area contributed by atoms with E-state index < -0.39 is 0 Å². The minimum Gasteiger partial charge on any atom is -0.338 e. The van der Waals surface area contributed by atoms with Gasteiger partial charge in [-0.05, 0) is 42.2 Å². The van der Waals surface area contributed by atoms with Gasteiger partial charge in [0.15, 0.2) is 0 Å². The second kappa shape index (κ2) is 9.77. The van der Waals surface area contributed by atoms with E-state index in [1.54, 1.807) is 0 Å². The minimum atomic E-state index is -0.0839. The third-order valence-electron chi connectivity index (χ3n) is 6.12. The van der Waals surface area contributed by atoms with Crippen LogP contribution in [0.3, 0.4) is 0 Å². The molecule has 1 aromatic carbocycles. The van der Waals surface area contributed by atoms with Crippen LogP contribution in [0, 0.1) is 11.8 Å². The highest BCUT2D eigenvalue weighted by molar-refractivity contribution is 5.78. The van der Waals surface area contributed by atoms with Gasteiger partial charge in [0.05, 0.1) is 0 Å². The molecule has 0 bridgehead atoms. The Morgan fingerprint density at radius 1 is 1.04 bits per heavy atom. The van der Waals surface area contributed by atoms with Crippen molar-refractivity contribution in [3.63, 3.8) is 0 Å². The minimum absolute atomic E-state index is 0.0839. The first-order valence-corrected chi connectivity index (χ1v) is 10.5. The third kappa shape index (κ3) is 5.98. The van der Waals surface area contributed by atoms with E-state index in [4.69, 9.17) is 0 Å². The van der Waals surface area contributed by atoms with Crippen LogP contribution in [0.5, 0.6) is 0 Å². The van der Waals surface area contributed by atoms with Crippen molar-refractivity contribution in [1.29, 1.82) is 0 Å². The number of hydrogen-bond donors (Lipinski definition) is 2. The Labute approximate surface area is 162 Å². The molecule has 2 N–H and O–H groups in total. The lowest BCUT2D eigenvalue weighted by molar-refractivity contribution is -0.128. The fraction of sp³-hybridized carbons (Fsp3) is 0.636. The maximum atomic E-state index is 12.0. The number of amides is 3. The molecule has 5 heteroatoms. The van der Waals surface area contributed by atoms with E-state index in [0.29, 0.717) is 25.4 Å². The van der Waals surface area contributed by atoms with Crippen molar-refractivity contribution in [2.45, 2.75) is 65.0 Å². The molecule has 1 heterocycles. The molecule has 2 aliphatic rings. The van der Waals surface area contributed by atoms with Gasteiger partial charge in [-0.2, -0.15) is 0 Å². The number of urea groups is 1. The summed E-state index contributed by atoms with van der Waals surface area (Å²) in [6, 6.07) is 8.07. The van der Waals surface area contributed by atoms with Gasteiger partial charge in [0.25, 0.3) is 0 Å². The summed E-state index contributed by atoms with van der Waals surface area (Å²) in [6.07, 6.45) is 8.01. The van der Waals surface area contributed by atoms with Gasteiger partial charge in [-0.1, -0.05) is 50.5 Å². The molecule has 1 aliphatic carbocycles. The molecule has 148 valence electrons. The third-order valence-corrected chi connectivity index (χ3v) is 6.12. The van der Waals surface area contributed by atoms with Gasteiger partial charge in [0.1, 0.15) is 0 Å². The van der Waals surface area contributed by atoms with Gasteiger partial charge in [0, 0.05) is 32.6 Å². The van der Waals surface area contributed by atoms with Crippen LogP contribution >= 0.6 is 0 Å². The average Bonchev–Trinajstić information content (AvgIpc) is 3.10. The second-order valence-electron chi connectivity index (χ2n) is 8.09. The van der Waals surface area contributed by atoms with Gasteiger partial charge < -0.3 is 15.5 Å². The zero-order valence-electron chi connectivity index (χ0n) is 16.5. The molecule has 3 amide bonds. The number of benzene rings is 1. The standard InChI is InChI=1S/C22H33N3O2/c1-2-17-5-7-18(8-6-17)14-23-22(27)24-15-19-9-11-20(12-10-19)16-25-13-3-4-21(25)26/h9-12,17-18H,2-8,13-16H2,1H3,(H2,23,24,27). The summed E-state index contributed by atoms with van der Waals surface area (Å²) in [5, 5.41) is 5.97. The number of nitrogens with zero attached hydrogens (tertiary/aromatic N) is 1. The molecule has 0 atom stereocenters. The Hall–Kier alpha value is -2.04. The quantitative estimate of drug-likeness (QED) is 0.765. The molecule has 0 radical (unpaired) electrons. The zero-order valence-corrected chi connectivity index (χ0v) is 16.5. The zero-order chi connectivity index (χ0) is 19.1. The van der Waals surface area contributed by atoms with Crippen molar-refractivity contribution in [2.75, 3.05) is 13.1 Å². The topological polar surface area (TPSA) is 61.4 Å². The van der Waals surface area contributed by atoms with Gasteiger partial charge in [-0.25, -0.2) is 4.79 Å². The number of carbonyl (C=O) groups excluding carboxylic acids is 2. The van der Waals surface area contributed by atoms with Crippen LogP contribution in [0.15, 0.2) is 24.3 Å². The second-order valence-corrected chi connectivity index (χ2v) is 8.09. The first-order valence-electron chi connectivity index (χ1n) is 10.5. The van der Waals surface area contributed by atoms with Crippen molar-refractivity contribution in [1.82, 2.24) is 15.5 Å². The highest BCUT2D eigenvalue weighted by Crippen LogP contribution is 2.30. The van der Waals surface area contributed by atoms with Gasteiger partial charge >= 0.3 is 6.03 Å². The van der Waals surface area contributed by atoms with E-state index in [9.17, 15) is 9.59 Å². The number of hydrogen-bond acceptors (Lipinski definition) is 2. The van der Waals surface area contributed by atoms with Gasteiger partial charge in [0.2, 0.25) is 5.91 Å². The van der Waals surface area contributed by atoms with E-state index in [2.05, 4.69) is 17.6 Å². The monoisotopic (exact) mass is 371 g/mol. The molecule has 0 unspecified atom stereocenters. The fourth-order valence-corrected chi connectivity index (χ4v) is 4.18. The van der Waals surface area contributed by atoms with Crippen molar-refractivity contribution in [2.24, 2.45) is 11.8 Å². The Morgan fingerprint density at radius 3 is 2.33 bits per heavy atom. The molecule has 0 spiro atoms. The largest absolute Gasteiger partial charge is 0.338 e. The number of rotatable bonds is 7. The summed E-state index contributed by atoms with van der Waals surface area (Å²) in [7, 11) is 0. The van der Waals surface area contributed by atoms with Crippen molar-refractivity contribution in [3.05, 3.63) is 35.4 Å². The van der Waals surface area contributed by atoms with E-state index in [0.717, 1.165) is 36.6 Å². The first-order chi connectivity index (χ1) is 13.1.